The number of likely N-dealkylation sites (tertiary alicyclic amines) is 1. The van der Waals surface area contributed by atoms with Gasteiger partial charge in [0, 0.05) is 17.1 Å². The van der Waals surface area contributed by atoms with Crippen LogP contribution in [-0.2, 0) is 9.59 Å². The number of ketones is 1. The first kappa shape index (κ1) is 20.1. The fourth-order valence-corrected chi connectivity index (χ4v) is 3.52. The monoisotopic (exact) mass is 399 g/mol. The number of carbonyl (C=O) groups is 2. The highest BCUT2D eigenvalue weighted by Gasteiger charge is 2.45. The van der Waals surface area contributed by atoms with Crippen LogP contribution in [0.15, 0.2) is 54.1 Å². The highest BCUT2D eigenvalue weighted by atomic mass is 35.5. The van der Waals surface area contributed by atoms with E-state index in [-0.39, 0.29) is 24.5 Å². The molecular weight excluding hydrogens is 378 g/mol. The number of hydrogen-bond donors (Lipinski definition) is 2. The minimum Gasteiger partial charge on any atom is -0.507 e. The minimum atomic E-state index is -0.765. The Labute approximate surface area is 168 Å². The Morgan fingerprint density at radius 3 is 2.21 bits per heavy atom. The zero-order valence-corrected chi connectivity index (χ0v) is 16.5. The molecule has 1 saturated heterocycles. The molecule has 1 amide bonds. The molecule has 1 unspecified atom stereocenters. The summed E-state index contributed by atoms with van der Waals surface area (Å²) in [6.45, 7) is 3.87. The lowest BCUT2D eigenvalue weighted by atomic mass is 9.93. The van der Waals surface area contributed by atoms with Crippen LogP contribution in [-0.4, -0.2) is 40.0 Å². The highest BCUT2D eigenvalue weighted by Crippen LogP contribution is 2.39. The Morgan fingerprint density at radius 1 is 1.07 bits per heavy atom. The van der Waals surface area contributed by atoms with Gasteiger partial charge in [0.05, 0.1) is 18.2 Å². The molecule has 1 aliphatic heterocycles. The summed E-state index contributed by atoms with van der Waals surface area (Å²) in [4.78, 5) is 26.6. The number of hydrogen-bond acceptors (Lipinski definition) is 4. The summed E-state index contributed by atoms with van der Waals surface area (Å²) in [6.07, 6.45) is 0. The molecular formula is C22H22ClNO4. The number of rotatable bonds is 5. The number of amides is 1. The van der Waals surface area contributed by atoms with Crippen molar-refractivity contribution in [3.05, 3.63) is 75.8 Å². The average molecular weight is 400 g/mol. The van der Waals surface area contributed by atoms with Gasteiger partial charge in [-0.2, -0.15) is 0 Å². The van der Waals surface area contributed by atoms with Gasteiger partial charge < -0.3 is 15.1 Å². The highest BCUT2D eigenvalue weighted by molar-refractivity contribution is 6.46. The van der Waals surface area contributed by atoms with Crippen LogP contribution in [0.5, 0.6) is 0 Å². The number of carbonyl (C=O) groups excluding carboxylic acids is 2. The summed E-state index contributed by atoms with van der Waals surface area (Å²) < 4.78 is 0. The molecule has 1 atom stereocenters. The Bertz CT molecular complexity index is 917. The molecule has 2 aromatic carbocycles. The maximum absolute atomic E-state index is 12.7. The van der Waals surface area contributed by atoms with Gasteiger partial charge in [-0.15, -0.1) is 0 Å². The largest absolute Gasteiger partial charge is 0.507 e. The summed E-state index contributed by atoms with van der Waals surface area (Å²) >= 11 is 5.90. The first-order valence-electron chi connectivity index (χ1n) is 9.10. The number of Topliss-reactive ketones (excluding diaryl/α,β-unsaturated/α-hetero) is 1. The predicted molar refractivity (Wildman–Crippen MR) is 108 cm³/mol. The summed E-state index contributed by atoms with van der Waals surface area (Å²) in [5.41, 5.74) is 2.24. The van der Waals surface area contributed by atoms with Crippen LogP contribution in [0.4, 0.5) is 0 Å². The van der Waals surface area contributed by atoms with Gasteiger partial charge in [0.25, 0.3) is 11.7 Å². The Balaban J connectivity index is 2.14. The Hall–Kier alpha value is -2.63. The van der Waals surface area contributed by atoms with Crippen molar-refractivity contribution in [1.29, 1.82) is 0 Å². The molecule has 2 N–H and O–H groups in total. The zero-order chi connectivity index (χ0) is 20.4. The molecule has 0 saturated carbocycles. The van der Waals surface area contributed by atoms with E-state index in [0.29, 0.717) is 22.1 Å². The van der Waals surface area contributed by atoms with Crippen LogP contribution in [0.3, 0.4) is 0 Å². The van der Waals surface area contributed by atoms with E-state index in [1.54, 1.807) is 24.3 Å². The second-order valence-corrected chi connectivity index (χ2v) is 7.48. The predicted octanol–water partition coefficient (Wildman–Crippen LogP) is 3.88. The van der Waals surface area contributed by atoms with Crippen molar-refractivity contribution in [3.63, 3.8) is 0 Å². The lowest BCUT2D eigenvalue weighted by Crippen LogP contribution is -2.32. The van der Waals surface area contributed by atoms with Gasteiger partial charge in [0.1, 0.15) is 5.76 Å². The Morgan fingerprint density at radius 2 is 1.68 bits per heavy atom. The number of nitrogens with zero attached hydrogens (tertiary/aromatic N) is 1. The molecule has 3 rings (SSSR count). The van der Waals surface area contributed by atoms with Gasteiger partial charge in [0.2, 0.25) is 0 Å². The molecule has 1 aliphatic rings. The minimum absolute atomic E-state index is 0.00142. The van der Waals surface area contributed by atoms with Crippen LogP contribution in [0.2, 0.25) is 5.02 Å². The van der Waals surface area contributed by atoms with Crippen molar-refractivity contribution in [2.45, 2.75) is 25.8 Å². The van der Waals surface area contributed by atoms with Gasteiger partial charge in [-0.3, -0.25) is 9.59 Å². The van der Waals surface area contributed by atoms with Crippen molar-refractivity contribution in [1.82, 2.24) is 4.90 Å². The lowest BCUT2D eigenvalue weighted by molar-refractivity contribution is -0.140. The zero-order valence-electron chi connectivity index (χ0n) is 15.7. The number of aliphatic hydroxyl groups is 2. The Kier molecular flexibility index (Phi) is 5.87. The first-order chi connectivity index (χ1) is 13.3. The molecule has 146 valence electrons. The fraction of sp³-hybridized carbons (Fsp3) is 0.273. The van der Waals surface area contributed by atoms with Crippen LogP contribution < -0.4 is 0 Å². The van der Waals surface area contributed by atoms with E-state index in [9.17, 15) is 19.8 Å². The standard InChI is InChI=1S/C22H22ClNO4/c1-13(2)14-3-5-15(6-4-14)19-18(21(27)22(28)24(19)11-12-25)20(26)16-7-9-17(23)10-8-16/h3-10,13,19,25-26H,11-12H2,1-2H3/b20-18-. The van der Waals surface area contributed by atoms with Crippen LogP contribution >= 0.6 is 11.6 Å². The van der Waals surface area contributed by atoms with Gasteiger partial charge in [-0.05, 0) is 41.3 Å². The number of benzene rings is 2. The van der Waals surface area contributed by atoms with Crippen molar-refractivity contribution >= 4 is 29.1 Å². The fourth-order valence-electron chi connectivity index (χ4n) is 3.39. The third-order valence-corrected chi connectivity index (χ3v) is 5.17. The van der Waals surface area contributed by atoms with Gasteiger partial charge in [0.15, 0.2) is 0 Å². The smallest absolute Gasteiger partial charge is 0.295 e. The van der Waals surface area contributed by atoms with Crippen molar-refractivity contribution in [3.8, 4) is 0 Å². The summed E-state index contributed by atoms with van der Waals surface area (Å²) in [7, 11) is 0. The lowest BCUT2D eigenvalue weighted by Gasteiger charge is -2.25. The quantitative estimate of drug-likeness (QED) is 0.454. The van der Waals surface area contributed by atoms with Crippen LogP contribution in [0.25, 0.3) is 5.76 Å². The molecule has 5 nitrogen and oxygen atoms in total. The van der Waals surface area contributed by atoms with E-state index in [2.05, 4.69) is 13.8 Å². The maximum Gasteiger partial charge on any atom is 0.295 e. The van der Waals surface area contributed by atoms with Gasteiger partial charge in [-0.1, -0.05) is 49.7 Å². The van der Waals surface area contributed by atoms with E-state index in [1.165, 1.54) is 4.90 Å². The van der Waals surface area contributed by atoms with Gasteiger partial charge >= 0.3 is 0 Å². The molecule has 1 fully saturated rings. The topological polar surface area (TPSA) is 77.8 Å². The van der Waals surface area contributed by atoms with E-state index in [1.807, 2.05) is 24.3 Å². The van der Waals surface area contributed by atoms with Crippen molar-refractivity contribution < 1.29 is 19.8 Å². The van der Waals surface area contributed by atoms with Crippen LogP contribution in [0.1, 0.15) is 42.5 Å². The van der Waals surface area contributed by atoms with E-state index < -0.39 is 17.7 Å². The van der Waals surface area contributed by atoms with Crippen LogP contribution in [0, 0.1) is 0 Å². The molecule has 0 spiro atoms. The molecule has 6 heteroatoms. The first-order valence-corrected chi connectivity index (χ1v) is 9.48. The second-order valence-electron chi connectivity index (χ2n) is 7.04. The SMILES string of the molecule is CC(C)c1ccc(C2/C(=C(/O)c3ccc(Cl)cc3)C(=O)C(=O)N2CCO)cc1. The molecule has 2 aromatic rings. The molecule has 0 radical (unpaired) electrons. The molecule has 0 bridgehead atoms. The van der Waals surface area contributed by atoms with E-state index in [0.717, 1.165) is 5.56 Å². The number of aliphatic hydroxyl groups excluding tert-OH is 2. The summed E-state index contributed by atoms with van der Waals surface area (Å²) in [6, 6.07) is 13.2. The normalized spacial score (nSPS) is 18.9. The van der Waals surface area contributed by atoms with E-state index >= 15 is 0 Å². The second kappa shape index (κ2) is 8.17. The summed E-state index contributed by atoms with van der Waals surface area (Å²) in [5.74, 6) is -1.42. The van der Waals surface area contributed by atoms with E-state index in [4.69, 9.17) is 11.6 Å². The molecule has 0 aliphatic carbocycles. The van der Waals surface area contributed by atoms with Crippen molar-refractivity contribution in [2.75, 3.05) is 13.2 Å². The maximum atomic E-state index is 12.7. The van der Waals surface area contributed by atoms with Gasteiger partial charge in [-0.25, -0.2) is 0 Å². The molecule has 1 heterocycles. The summed E-state index contributed by atoms with van der Waals surface area (Å²) in [5, 5.41) is 20.7. The third kappa shape index (κ3) is 3.68. The number of β-amino-alcohol motifs (C(OH)–C–C–N with tert-alkyl or cyclic N) is 1. The molecule has 0 aromatic heterocycles. The van der Waals surface area contributed by atoms with Crippen molar-refractivity contribution in [2.24, 2.45) is 0 Å². The number of halogens is 1. The third-order valence-electron chi connectivity index (χ3n) is 4.92. The average Bonchev–Trinajstić information content (AvgIpc) is 2.93. The molecule has 28 heavy (non-hydrogen) atoms.